The van der Waals surface area contributed by atoms with E-state index in [1.165, 1.54) is 18.4 Å². The normalized spacial score (nSPS) is 10.3. The molecule has 0 bridgehead atoms. The van der Waals surface area contributed by atoms with Crippen LogP contribution in [0.25, 0.3) is 0 Å². The molecular formula is C12H21N3. The first kappa shape index (κ1) is 12.0. The highest BCUT2D eigenvalue weighted by Gasteiger charge is 2.01. The number of nitrogens with two attached hydrogens (primary N) is 1. The molecule has 0 aliphatic heterocycles. The van der Waals surface area contributed by atoms with E-state index >= 15 is 0 Å². The SMILES string of the molecule is CCCCN(C)c1ccc(CCN)cn1. The first-order valence-corrected chi connectivity index (χ1v) is 5.64. The van der Waals surface area contributed by atoms with Gasteiger partial charge in [-0.1, -0.05) is 19.4 Å². The Balaban J connectivity index is 2.54. The van der Waals surface area contributed by atoms with Crippen molar-refractivity contribution in [3.63, 3.8) is 0 Å². The third-order valence-corrected chi connectivity index (χ3v) is 2.48. The number of aromatic nitrogens is 1. The van der Waals surface area contributed by atoms with Crippen LogP contribution in [-0.2, 0) is 6.42 Å². The standard InChI is InChI=1S/C12H21N3/c1-3-4-9-15(2)12-6-5-11(7-8-13)10-14-12/h5-6,10H,3-4,7-9,13H2,1-2H3. The second-order valence-electron chi connectivity index (χ2n) is 3.84. The fourth-order valence-electron chi connectivity index (χ4n) is 1.47. The van der Waals surface area contributed by atoms with E-state index in [1.807, 2.05) is 6.20 Å². The minimum atomic E-state index is 0.687. The van der Waals surface area contributed by atoms with Gasteiger partial charge in [-0.3, -0.25) is 0 Å². The first-order chi connectivity index (χ1) is 7.27. The van der Waals surface area contributed by atoms with Crippen molar-refractivity contribution in [1.82, 2.24) is 4.98 Å². The van der Waals surface area contributed by atoms with Crippen LogP contribution in [0.4, 0.5) is 5.82 Å². The van der Waals surface area contributed by atoms with Crippen LogP contribution in [0.3, 0.4) is 0 Å². The highest BCUT2D eigenvalue weighted by molar-refractivity contribution is 5.38. The van der Waals surface area contributed by atoms with E-state index in [0.717, 1.165) is 18.8 Å². The number of pyridine rings is 1. The average molecular weight is 207 g/mol. The lowest BCUT2D eigenvalue weighted by Gasteiger charge is -2.17. The summed E-state index contributed by atoms with van der Waals surface area (Å²) in [6.07, 6.45) is 5.26. The number of unbranched alkanes of at least 4 members (excludes halogenated alkanes) is 1. The molecule has 0 unspecified atom stereocenters. The van der Waals surface area contributed by atoms with Crippen molar-refractivity contribution in [3.05, 3.63) is 23.9 Å². The molecule has 0 aromatic carbocycles. The van der Waals surface area contributed by atoms with Gasteiger partial charge in [0.05, 0.1) is 0 Å². The third-order valence-electron chi connectivity index (χ3n) is 2.48. The predicted molar refractivity (Wildman–Crippen MR) is 65.2 cm³/mol. The van der Waals surface area contributed by atoms with Gasteiger partial charge in [-0.25, -0.2) is 4.98 Å². The summed E-state index contributed by atoms with van der Waals surface area (Å²) >= 11 is 0. The Labute approximate surface area is 92.3 Å². The fourth-order valence-corrected chi connectivity index (χ4v) is 1.47. The van der Waals surface area contributed by atoms with Gasteiger partial charge >= 0.3 is 0 Å². The minimum Gasteiger partial charge on any atom is -0.360 e. The van der Waals surface area contributed by atoms with E-state index in [0.29, 0.717) is 6.54 Å². The summed E-state index contributed by atoms with van der Waals surface area (Å²) in [7, 11) is 2.08. The molecule has 0 atom stereocenters. The molecule has 0 radical (unpaired) electrons. The fraction of sp³-hybridized carbons (Fsp3) is 0.583. The second kappa shape index (κ2) is 6.40. The van der Waals surface area contributed by atoms with Gasteiger partial charge in [0.15, 0.2) is 0 Å². The molecule has 0 saturated heterocycles. The Hall–Kier alpha value is -1.09. The molecule has 84 valence electrons. The van der Waals surface area contributed by atoms with E-state index in [2.05, 4.69) is 36.0 Å². The molecule has 2 N–H and O–H groups in total. The molecule has 0 aliphatic carbocycles. The molecule has 15 heavy (non-hydrogen) atoms. The van der Waals surface area contributed by atoms with Crippen molar-refractivity contribution >= 4 is 5.82 Å². The monoisotopic (exact) mass is 207 g/mol. The van der Waals surface area contributed by atoms with Crippen LogP contribution in [0.15, 0.2) is 18.3 Å². The molecule has 3 heteroatoms. The van der Waals surface area contributed by atoms with Gasteiger partial charge in [-0.15, -0.1) is 0 Å². The minimum absolute atomic E-state index is 0.687. The van der Waals surface area contributed by atoms with E-state index in [-0.39, 0.29) is 0 Å². The zero-order valence-electron chi connectivity index (χ0n) is 9.74. The Morgan fingerprint density at radius 1 is 1.40 bits per heavy atom. The lowest BCUT2D eigenvalue weighted by molar-refractivity contribution is 0.759. The van der Waals surface area contributed by atoms with Gasteiger partial charge in [0, 0.05) is 19.8 Å². The van der Waals surface area contributed by atoms with Crippen LogP contribution in [0.2, 0.25) is 0 Å². The summed E-state index contributed by atoms with van der Waals surface area (Å²) in [6, 6.07) is 4.18. The van der Waals surface area contributed by atoms with Crippen LogP contribution in [0.5, 0.6) is 0 Å². The van der Waals surface area contributed by atoms with E-state index < -0.39 is 0 Å². The van der Waals surface area contributed by atoms with Crippen LogP contribution in [0.1, 0.15) is 25.3 Å². The van der Waals surface area contributed by atoms with Crippen LogP contribution >= 0.6 is 0 Å². The maximum Gasteiger partial charge on any atom is 0.128 e. The van der Waals surface area contributed by atoms with E-state index in [9.17, 15) is 0 Å². The summed E-state index contributed by atoms with van der Waals surface area (Å²) in [5, 5.41) is 0. The van der Waals surface area contributed by atoms with E-state index in [4.69, 9.17) is 5.73 Å². The van der Waals surface area contributed by atoms with Crippen molar-refractivity contribution in [3.8, 4) is 0 Å². The lowest BCUT2D eigenvalue weighted by atomic mass is 10.2. The van der Waals surface area contributed by atoms with Gasteiger partial charge in [-0.05, 0) is 31.0 Å². The largest absolute Gasteiger partial charge is 0.360 e. The Morgan fingerprint density at radius 3 is 2.73 bits per heavy atom. The van der Waals surface area contributed by atoms with Crippen molar-refractivity contribution in [2.45, 2.75) is 26.2 Å². The highest BCUT2D eigenvalue weighted by Crippen LogP contribution is 2.10. The molecule has 0 amide bonds. The van der Waals surface area contributed by atoms with Gasteiger partial charge in [0.25, 0.3) is 0 Å². The Kier molecular flexibility index (Phi) is 5.12. The zero-order valence-corrected chi connectivity index (χ0v) is 9.74. The van der Waals surface area contributed by atoms with E-state index in [1.54, 1.807) is 0 Å². The molecule has 1 heterocycles. The highest BCUT2D eigenvalue weighted by atomic mass is 15.2. The molecule has 1 aromatic rings. The molecule has 0 fully saturated rings. The predicted octanol–water partition coefficient (Wildman–Crippen LogP) is 1.82. The van der Waals surface area contributed by atoms with Gasteiger partial charge in [0.1, 0.15) is 5.82 Å². The Bertz CT molecular complexity index is 269. The molecular weight excluding hydrogens is 186 g/mol. The summed E-state index contributed by atoms with van der Waals surface area (Å²) < 4.78 is 0. The molecule has 1 aromatic heterocycles. The Morgan fingerprint density at radius 2 is 2.20 bits per heavy atom. The average Bonchev–Trinajstić information content (AvgIpc) is 2.27. The number of hydrogen-bond acceptors (Lipinski definition) is 3. The van der Waals surface area contributed by atoms with Crippen LogP contribution in [0, 0.1) is 0 Å². The van der Waals surface area contributed by atoms with Crippen molar-refractivity contribution in [2.75, 3.05) is 25.0 Å². The summed E-state index contributed by atoms with van der Waals surface area (Å²) in [4.78, 5) is 6.61. The number of rotatable bonds is 6. The molecule has 0 spiro atoms. The summed E-state index contributed by atoms with van der Waals surface area (Å²) in [6.45, 7) is 3.96. The van der Waals surface area contributed by atoms with Crippen molar-refractivity contribution in [1.29, 1.82) is 0 Å². The van der Waals surface area contributed by atoms with Gasteiger partial charge in [0.2, 0.25) is 0 Å². The zero-order chi connectivity index (χ0) is 11.1. The second-order valence-corrected chi connectivity index (χ2v) is 3.84. The molecule has 0 saturated carbocycles. The molecule has 0 aliphatic rings. The topological polar surface area (TPSA) is 42.1 Å². The number of nitrogens with zero attached hydrogens (tertiary/aromatic N) is 2. The van der Waals surface area contributed by atoms with Crippen LogP contribution < -0.4 is 10.6 Å². The summed E-state index contributed by atoms with van der Waals surface area (Å²) in [5.74, 6) is 1.05. The number of anilines is 1. The maximum atomic E-state index is 5.49. The molecule has 3 nitrogen and oxygen atoms in total. The maximum absolute atomic E-state index is 5.49. The lowest BCUT2D eigenvalue weighted by Crippen LogP contribution is -2.19. The third kappa shape index (κ3) is 3.88. The number of hydrogen-bond donors (Lipinski definition) is 1. The first-order valence-electron chi connectivity index (χ1n) is 5.64. The summed E-state index contributed by atoms with van der Waals surface area (Å²) in [5.41, 5.74) is 6.70. The van der Waals surface area contributed by atoms with Crippen molar-refractivity contribution in [2.24, 2.45) is 5.73 Å². The smallest absolute Gasteiger partial charge is 0.128 e. The van der Waals surface area contributed by atoms with Crippen LogP contribution in [-0.4, -0.2) is 25.1 Å². The van der Waals surface area contributed by atoms with Gasteiger partial charge < -0.3 is 10.6 Å². The molecule has 1 rings (SSSR count). The quantitative estimate of drug-likeness (QED) is 0.773. The van der Waals surface area contributed by atoms with Crippen molar-refractivity contribution < 1.29 is 0 Å². The van der Waals surface area contributed by atoms with Gasteiger partial charge in [-0.2, -0.15) is 0 Å².